The van der Waals surface area contributed by atoms with Gasteiger partial charge in [0.15, 0.2) is 5.65 Å². The number of ether oxygens (including phenoxy) is 2. The van der Waals surface area contributed by atoms with Gasteiger partial charge in [0.05, 0.1) is 35.6 Å². The van der Waals surface area contributed by atoms with E-state index in [-0.39, 0.29) is 11.3 Å². The zero-order valence-electron chi connectivity index (χ0n) is 15.6. The molecular formula is C21H14F3N3O3. The molecule has 0 aliphatic rings. The van der Waals surface area contributed by atoms with E-state index >= 15 is 0 Å². The van der Waals surface area contributed by atoms with Gasteiger partial charge < -0.3 is 9.47 Å². The lowest BCUT2D eigenvalue weighted by atomic mass is 10.1. The Bertz CT molecular complexity index is 1210. The number of hydrogen-bond acceptors (Lipinski definition) is 5. The molecule has 0 unspecified atom stereocenters. The molecule has 0 aliphatic heterocycles. The summed E-state index contributed by atoms with van der Waals surface area (Å²) in [5.74, 6) is -0.982. The molecule has 9 heteroatoms. The zero-order valence-corrected chi connectivity index (χ0v) is 15.6. The molecule has 152 valence electrons. The van der Waals surface area contributed by atoms with Crippen molar-refractivity contribution >= 4 is 17.0 Å². The van der Waals surface area contributed by atoms with E-state index in [4.69, 9.17) is 4.74 Å². The van der Waals surface area contributed by atoms with Crippen LogP contribution < -0.4 is 4.74 Å². The summed E-state index contributed by atoms with van der Waals surface area (Å²) in [5, 5.41) is 4.73. The molecule has 0 amide bonds. The highest BCUT2D eigenvalue weighted by Crippen LogP contribution is 2.28. The molecule has 0 fully saturated rings. The van der Waals surface area contributed by atoms with Gasteiger partial charge in [-0.05, 0) is 54.6 Å². The first-order chi connectivity index (χ1) is 14.5. The first kappa shape index (κ1) is 19.4. The number of rotatable bonds is 5. The molecule has 0 N–H and O–H groups in total. The van der Waals surface area contributed by atoms with Gasteiger partial charge in [0, 0.05) is 5.56 Å². The van der Waals surface area contributed by atoms with Crippen LogP contribution in [0.5, 0.6) is 5.75 Å². The SMILES string of the molecule is COC(=O)c1cc(-c2ccc(OC(F)F)cc2)nc2c1cnn2-c1ccc(F)cc1. The number of pyridine rings is 1. The largest absolute Gasteiger partial charge is 0.465 e. The average Bonchev–Trinajstić information content (AvgIpc) is 3.17. The summed E-state index contributed by atoms with van der Waals surface area (Å²) >= 11 is 0. The van der Waals surface area contributed by atoms with Gasteiger partial charge in [-0.25, -0.2) is 18.9 Å². The van der Waals surface area contributed by atoms with Crippen LogP contribution in [0.1, 0.15) is 10.4 Å². The van der Waals surface area contributed by atoms with Gasteiger partial charge in [0.1, 0.15) is 11.6 Å². The summed E-state index contributed by atoms with van der Waals surface area (Å²) in [6.45, 7) is -2.93. The number of esters is 1. The molecule has 0 spiro atoms. The fourth-order valence-corrected chi connectivity index (χ4v) is 3.01. The van der Waals surface area contributed by atoms with E-state index < -0.39 is 18.4 Å². The number of carbonyl (C=O) groups is 1. The van der Waals surface area contributed by atoms with Crippen molar-refractivity contribution < 1.29 is 27.4 Å². The van der Waals surface area contributed by atoms with Crippen molar-refractivity contribution in [3.8, 4) is 22.7 Å². The minimum absolute atomic E-state index is 0.000580. The highest BCUT2D eigenvalue weighted by Gasteiger charge is 2.19. The van der Waals surface area contributed by atoms with Gasteiger partial charge in [0.2, 0.25) is 0 Å². The van der Waals surface area contributed by atoms with Crippen LogP contribution in [0, 0.1) is 5.82 Å². The van der Waals surface area contributed by atoms with Gasteiger partial charge in [-0.2, -0.15) is 13.9 Å². The van der Waals surface area contributed by atoms with Crippen LogP contribution in [0.3, 0.4) is 0 Å². The van der Waals surface area contributed by atoms with Crippen molar-refractivity contribution in [2.24, 2.45) is 0 Å². The molecule has 2 heterocycles. The van der Waals surface area contributed by atoms with Gasteiger partial charge in [-0.15, -0.1) is 0 Å². The van der Waals surface area contributed by atoms with Gasteiger partial charge >= 0.3 is 12.6 Å². The van der Waals surface area contributed by atoms with Crippen molar-refractivity contribution in [3.63, 3.8) is 0 Å². The Morgan fingerprint density at radius 2 is 1.77 bits per heavy atom. The highest BCUT2D eigenvalue weighted by atomic mass is 19.3. The Morgan fingerprint density at radius 3 is 2.40 bits per heavy atom. The summed E-state index contributed by atoms with van der Waals surface area (Å²) in [7, 11) is 1.26. The molecule has 0 bridgehead atoms. The van der Waals surface area contributed by atoms with E-state index in [1.54, 1.807) is 12.1 Å². The Kier molecular flexibility index (Phi) is 5.09. The summed E-state index contributed by atoms with van der Waals surface area (Å²) in [4.78, 5) is 16.9. The van der Waals surface area contributed by atoms with Crippen LogP contribution in [0.4, 0.5) is 13.2 Å². The van der Waals surface area contributed by atoms with Gasteiger partial charge in [-0.3, -0.25) is 0 Å². The maximum Gasteiger partial charge on any atom is 0.387 e. The molecule has 4 rings (SSSR count). The smallest absolute Gasteiger partial charge is 0.387 e. The third-order valence-electron chi connectivity index (χ3n) is 4.39. The molecule has 4 aromatic rings. The number of methoxy groups -OCH3 is 1. The van der Waals surface area contributed by atoms with Crippen molar-refractivity contribution in [1.29, 1.82) is 0 Å². The number of alkyl halides is 2. The topological polar surface area (TPSA) is 66.2 Å². The Labute approximate surface area is 168 Å². The summed E-state index contributed by atoms with van der Waals surface area (Å²) < 4.78 is 48.7. The van der Waals surface area contributed by atoms with Gasteiger partial charge in [-0.1, -0.05) is 0 Å². The number of nitrogens with zero attached hydrogens (tertiary/aromatic N) is 3. The lowest BCUT2D eigenvalue weighted by Crippen LogP contribution is -2.05. The molecule has 0 saturated heterocycles. The second-order valence-electron chi connectivity index (χ2n) is 6.22. The predicted octanol–water partition coefficient (Wildman–Crippen LogP) is 4.61. The van der Waals surface area contributed by atoms with E-state index in [1.165, 1.54) is 60.5 Å². The van der Waals surface area contributed by atoms with E-state index in [2.05, 4.69) is 14.8 Å². The molecule has 2 aromatic carbocycles. The minimum atomic E-state index is -2.93. The average molecular weight is 413 g/mol. The van der Waals surface area contributed by atoms with Crippen molar-refractivity contribution in [2.45, 2.75) is 6.61 Å². The van der Waals surface area contributed by atoms with Crippen molar-refractivity contribution in [3.05, 3.63) is 72.2 Å². The molecule has 0 aliphatic carbocycles. The van der Waals surface area contributed by atoms with Crippen molar-refractivity contribution in [2.75, 3.05) is 7.11 Å². The third kappa shape index (κ3) is 3.69. The zero-order chi connectivity index (χ0) is 21.3. The molecule has 2 aromatic heterocycles. The molecule has 0 radical (unpaired) electrons. The Hall–Kier alpha value is -3.88. The number of fused-ring (bicyclic) bond motifs is 1. The monoisotopic (exact) mass is 413 g/mol. The number of carbonyl (C=O) groups excluding carboxylic acids is 1. The fourth-order valence-electron chi connectivity index (χ4n) is 3.01. The number of benzene rings is 2. The quantitative estimate of drug-likeness (QED) is 0.447. The van der Waals surface area contributed by atoms with Crippen LogP contribution in [0.2, 0.25) is 0 Å². The van der Waals surface area contributed by atoms with E-state index in [0.29, 0.717) is 28.0 Å². The molecule has 6 nitrogen and oxygen atoms in total. The lowest BCUT2D eigenvalue weighted by Gasteiger charge is -2.09. The van der Waals surface area contributed by atoms with Crippen LogP contribution in [0.15, 0.2) is 60.8 Å². The minimum Gasteiger partial charge on any atom is -0.465 e. The Morgan fingerprint density at radius 1 is 1.07 bits per heavy atom. The molecular weight excluding hydrogens is 399 g/mol. The number of halogens is 3. The van der Waals surface area contributed by atoms with Crippen LogP contribution >= 0.6 is 0 Å². The van der Waals surface area contributed by atoms with Crippen LogP contribution in [-0.4, -0.2) is 34.5 Å². The summed E-state index contributed by atoms with van der Waals surface area (Å²) in [5.41, 5.74) is 2.10. The van der Waals surface area contributed by atoms with E-state index in [0.717, 1.165) is 0 Å². The number of aromatic nitrogens is 3. The number of hydrogen-bond donors (Lipinski definition) is 0. The second-order valence-corrected chi connectivity index (χ2v) is 6.22. The first-order valence-corrected chi connectivity index (χ1v) is 8.74. The van der Waals surface area contributed by atoms with Crippen LogP contribution in [0.25, 0.3) is 28.0 Å². The predicted molar refractivity (Wildman–Crippen MR) is 102 cm³/mol. The highest BCUT2D eigenvalue weighted by molar-refractivity contribution is 6.04. The van der Waals surface area contributed by atoms with Crippen LogP contribution in [-0.2, 0) is 4.74 Å². The van der Waals surface area contributed by atoms with Crippen molar-refractivity contribution in [1.82, 2.24) is 14.8 Å². The summed E-state index contributed by atoms with van der Waals surface area (Å²) in [6.07, 6.45) is 1.47. The molecule has 0 saturated carbocycles. The van der Waals surface area contributed by atoms with E-state index in [9.17, 15) is 18.0 Å². The normalized spacial score (nSPS) is 11.1. The third-order valence-corrected chi connectivity index (χ3v) is 4.39. The lowest BCUT2D eigenvalue weighted by molar-refractivity contribution is -0.0498. The molecule has 0 atom stereocenters. The van der Waals surface area contributed by atoms with Gasteiger partial charge in [0.25, 0.3) is 0 Å². The first-order valence-electron chi connectivity index (χ1n) is 8.74. The maximum atomic E-state index is 13.3. The Balaban J connectivity index is 1.86. The maximum absolute atomic E-state index is 13.3. The van der Waals surface area contributed by atoms with E-state index in [1.807, 2.05) is 0 Å². The molecule has 30 heavy (non-hydrogen) atoms. The summed E-state index contributed by atoms with van der Waals surface area (Å²) in [6, 6.07) is 13.0. The standard InChI is InChI=1S/C21H14F3N3O3/c1-29-20(28)16-10-18(12-2-8-15(9-3-12)30-21(23)24)26-19-17(16)11-25-27(19)14-6-4-13(22)5-7-14/h2-11,21H,1H3. The fraction of sp³-hybridized carbons (Fsp3) is 0.0952. The second kappa shape index (κ2) is 7.86.